The van der Waals surface area contributed by atoms with Crippen molar-refractivity contribution in [3.05, 3.63) is 94.7 Å². The number of rotatable bonds is 8. The third-order valence-corrected chi connectivity index (χ3v) is 12.2. The number of hydrogen-bond donors (Lipinski definition) is 0. The van der Waals surface area contributed by atoms with E-state index < -0.39 is 27.0 Å². The van der Waals surface area contributed by atoms with Gasteiger partial charge >= 0.3 is 0 Å². The highest BCUT2D eigenvalue weighted by atomic mass is 32.2. The second kappa shape index (κ2) is 11.3. The molecule has 5 heterocycles. The van der Waals surface area contributed by atoms with Crippen molar-refractivity contribution in [1.29, 1.82) is 0 Å². The summed E-state index contributed by atoms with van der Waals surface area (Å²) in [5.74, 6) is -0.0667. The number of benzene rings is 2. The SMILES string of the molecule is Cc1noc(C)c1-c1ccc2c(c1)nc([C@]1(C3C4CC43)CCCC(=O)N1c1ccc(F)c(F)c1)n2-c1nc(-c2ccc(CS(C)(=O)=O)nc2)cs1. The predicted molar refractivity (Wildman–Crippen MR) is 188 cm³/mol. The molecule has 1 aliphatic heterocycles. The molecular weight excluding hydrogens is 695 g/mol. The monoisotopic (exact) mass is 726 g/mol. The minimum Gasteiger partial charge on any atom is -0.361 e. The normalized spacial score (nSPS) is 22.8. The Bertz CT molecular complexity index is 2480. The van der Waals surface area contributed by atoms with E-state index >= 15 is 0 Å². The molecule has 0 bridgehead atoms. The van der Waals surface area contributed by atoms with Gasteiger partial charge in [0.05, 0.1) is 33.9 Å². The van der Waals surface area contributed by atoms with Crippen molar-refractivity contribution in [3.63, 3.8) is 0 Å². The molecular formula is C37H32F2N6O4S2. The average Bonchev–Trinajstić information content (AvgIpc) is 3.83. The van der Waals surface area contributed by atoms with Gasteiger partial charge in [-0.25, -0.2) is 27.2 Å². The smallest absolute Gasteiger partial charge is 0.227 e. The first-order valence-electron chi connectivity index (χ1n) is 16.8. The van der Waals surface area contributed by atoms with Crippen molar-refractivity contribution in [2.45, 2.75) is 50.8 Å². The minimum atomic E-state index is -3.24. The lowest BCUT2D eigenvalue weighted by molar-refractivity contribution is -0.122. The van der Waals surface area contributed by atoms with Gasteiger partial charge < -0.3 is 4.52 Å². The second-order valence-corrected chi connectivity index (χ2v) is 17.0. The fraction of sp³-hybridized carbons (Fsp3) is 0.324. The quantitative estimate of drug-likeness (QED) is 0.160. The van der Waals surface area contributed by atoms with E-state index in [0.29, 0.717) is 64.0 Å². The van der Waals surface area contributed by atoms with E-state index in [-0.39, 0.29) is 24.0 Å². The number of hydrogen-bond acceptors (Lipinski definition) is 9. The van der Waals surface area contributed by atoms with Gasteiger partial charge in [-0.2, -0.15) is 0 Å². The summed E-state index contributed by atoms with van der Waals surface area (Å²) in [5, 5.41) is 6.68. The number of carbonyl (C=O) groups is 1. The number of sulfone groups is 1. The molecule has 6 aromatic rings. The molecule has 1 amide bonds. The predicted octanol–water partition coefficient (Wildman–Crippen LogP) is 7.32. The highest BCUT2D eigenvalue weighted by Crippen LogP contribution is 2.76. The zero-order valence-electron chi connectivity index (χ0n) is 27.9. The lowest BCUT2D eigenvalue weighted by Gasteiger charge is -2.48. The van der Waals surface area contributed by atoms with Crippen LogP contribution in [0.2, 0.25) is 0 Å². The summed E-state index contributed by atoms with van der Waals surface area (Å²) in [4.78, 5) is 30.6. The Morgan fingerprint density at radius 2 is 1.82 bits per heavy atom. The molecule has 51 heavy (non-hydrogen) atoms. The molecule has 14 heteroatoms. The van der Waals surface area contributed by atoms with Gasteiger partial charge in [-0.3, -0.25) is 19.2 Å². The number of halogens is 2. The zero-order chi connectivity index (χ0) is 35.4. The standard InChI is InChI=1S/C37H32F2N6O4S2/c1-19-33(20(2)49-43-19)21-7-11-31-29(13-21)41-35(44(31)36-42-30(17-50-36)22-6-8-23(40-16-22)18-51(3,47)48)37(34-25-15-26(25)34)12-4-5-32(46)45(37)24-9-10-27(38)28(39)14-24/h6-11,13-14,16-17,25-26,34H,4-5,12,15,18H2,1-3H3/t25?,26?,34?,37-/m1/s1. The average molecular weight is 727 g/mol. The Morgan fingerprint density at radius 1 is 1.02 bits per heavy atom. The Morgan fingerprint density at radius 3 is 2.49 bits per heavy atom. The van der Waals surface area contributed by atoms with Gasteiger partial charge in [0.25, 0.3) is 0 Å². The summed E-state index contributed by atoms with van der Waals surface area (Å²) < 4.78 is 60.2. The third-order valence-electron chi connectivity index (χ3n) is 10.6. The third kappa shape index (κ3) is 5.21. The molecule has 9 rings (SSSR count). The summed E-state index contributed by atoms with van der Waals surface area (Å²) >= 11 is 1.41. The molecule has 3 aliphatic rings. The molecule has 1 saturated heterocycles. The second-order valence-electron chi connectivity index (χ2n) is 14.0. The molecule has 260 valence electrons. The minimum absolute atomic E-state index is 0.0958. The van der Waals surface area contributed by atoms with Crippen molar-refractivity contribution < 1.29 is 26.5 Å². The van der Waals surface area contributed by atoms with Crippen molar-refractivity contribution in [3.8, 4) is 27.5 Å². The number of nitrogens with zero attached hydrogens (tertiary/aromatic N) is 6. The summed E-state index contributed by atoms with van der Waals surface area (Å²) in [6.07, 6.45) is 5.35. The van der Waals surface area contributed by atoms with Crippen LogP contribution in [-0.2, 0) is 25.9 Å². The van der Waals surface area contributed by atoms with Crippen LogP contribution in [-0.4, -0.2) is 45.3 Å². The highest BCUT2D eigenvalue weighted by Gasteiger charge is 2.75. The molecule has 2 unspecified atom stereocenters. The maximum Gasteiger partial charge on any atom is 0.227 e. The van der Waals surface area contributed by atoms with E-state index in [0.717, 1.165) is 46.5 Å². The lowest BCUT2D eigenvalue weighted by Crippen LogP contribution is -2.56. The molecule has 2 saturated carbocycles. The fourth-order valence-electron chi connectivity index (χ4n) is 8.16. The van der Waals surface area contributed by atoms with Crippen LogP contribution in [0.1, 0.15) is 48.7 Å². The maximum absolute atomic E-state index is 14.9. The zero-order valence-corrected chi connectivity index (χ0v) is 29.6. The van der Waals surface area contributed by atoms with Crippen LogP contribution in [0.4, 0.5) is 14.5 Å². The maximum atomic E-state index is 14.9. The Labute approximate surface area is 296 Å². The molecule has 3 fully saturated rings. The van der Waals surface area contributed by atoms with E-state index in [9.17, 15) is 22.0 Å². The van der Waals surface area contributed by atoms with Crippen LogP contribution in [0, 0.1) is 43.2 Å². The number of carbonyl (C=O) groups excluding carboxylic acids is 1. The molecule has 0 radical (unpaired) electrons. The summed E-state index contributed by atoms with van der Waals surface area (Å²) in [6, 6.07) is 13.1. The van der Waals surface area contributed by atoms with Gasteiger partial charge in [0, 0.05) is 47.1 Å². The number of imidazole rings is 1. The largest absolute Gasteiger partial charge is 0.361 e. The number of piperidine rings is 1. The summed E-state index contributed by atoms with van der Waals surface area (Å²) in [5.41, 5.74) is 5.16. The number of amides is 1. The van der Waals surface area contributed by atoms with Crippen LogP contribution in [0.15, 0.2) is 64.6 Å². The lowest BCUT2D eigenvalue weighted by atomic mass is 9.76. The Hall–Kier alpha value is -4.82. The molecule has 0 N–H and O–H groups in total. The molecule has 2 aliphatic carbocycles. The van der Waals surface area contributed by atoms with Gasteiger partial charge in [-0.1, -0.05) is 11.2 Å². The van der Waals surface area contributed by atoms with E-state index in [4.69, 9.17) is 14.5 Å². The van der Waals surface area contributed by atoms with Crippen molar-refractivity contribution in [2.75, 3.05) is 11.2 Å². The molecule has 0 spiro atoms. The first-order valence-corrected chi connectivity index (χ1v) is 19.7. The number of aryl methyl sites for hydroxylation is 2. The van der Waals surface area contributed by atoms with E-state index in [1.165, 1.54) is 23.7 Å². The Kier molecular flexibility index (Phi) is 7.14. The van der Waals surface area contributed by atoms with Gasteiger partial charge in [0.1, 0.15) is 17.1 Å². The number of thiazole rings is 1. The first-order chi connectivity index (χ1) is 24.4. The molecule has 10 nitrogen and oxygen atoms in total. The number of anilines is 1. The Balaban J connectivity index is 1.25. The van der Waals surface area contributed by atoms with Crippen molar-refractivity contribution in [2.24, 2.45) is 17.8 Å². The van der Waals surface area contributed by atoms with E-state index in [2.05, 4.69) is 10.1 Å². The number of pyridine rings is 1. The van der Waals surface area contributed by atoms with Gasteiger partial charge in [-0.15, -0.1) is 11.3 Å². The van der Waals surface area contributed by atoms with Crippen LogP contribution in [0.25, 0.3) is 38.5 Å². The summed E-state index contributed by atoms with van der Waals surface area (Å²) in [6.45, 7) is 3.76. The summed E-state index contributed by atoms with van der Waals surface area (Å²) in [7, 11) is -3.24. The number of aromatic nitrogens is 5. The van der Waals surface area contributed by atoms with Gasteiger partial charge in [0.2, 0.25) is 5.91 Å². The fourth-order valence-corrected chi connectivity index (χ4v) is 9.72. The van der Waals surface area contributed by atoms with Crippen LogP contribution in [0.3, 0.4) is 0 Å². The molecule has 2 aromatic carbocycles. The topological polar surface area (TPSA) is 124 Å². The van der Waals surface area contributed by atoms with Crippen molar-refractivity contribution in [1.82, 2.24) is 24.7 Å². The van der Waals surface area contributed by atoms with E-state index in [1.807, 2.05) is 42.0 Å². The van der Waals surface area contributed by atoms with Gasteiger partial charge in [0.15, 0.2) is 26.6 Å². The van der Waals surface area contributed by atoms with Crippen LogP contribution in [0.5, 0.6) is 0 Å². The van der Waals surface area contributed by atoms with Crippen LogP contribution < -0.4 is 4.90 Å². The molecule has 3 atom stereocenters. The molecule has 4 aromatic heterocycles. The highest BCUT2D eigenvalue weighted by molar-refractivity contribution is 7.89. The van der Waals surface area contributed by atoms with Crippen LogP contribution >= 0.6 is 11.3 Å². The van der Waals surface area contributed by atoms with Gasteiger partial charge in [-0.05, 0) is 92.8 Å². The van der Waals surface area contributed by atoms with Crippen molar-refractivity contribution >= 4 is 43.8 Å². The van der Waals surface area contributed by atoms with E-state index in [1.54, 1.807) is 23.2 Å². The first kappa shape index (κ1) is 32.1. The number of fused-ring (bicyclic) bond motifs is 2.